The van der Waals surface area contributed by atoms with Crippen molar-refractivity contribution in [3.05, 3.63) is 29.3 Å². The lowest BCUT2D eigenvalue weighted by Gasteiger charge is -2.13. The highest BCUT2D eigenvalue weighted by Gasteiger charge is 2.10. The van der Waals surface area contributed by atoms with E-state index >= 15 is 0 Å². The second-order valence-corrected chi connectivity index (χ2v) is 3.82. The fraction of sp³-hybridized carbons (Fsp3) is 0.462. The van der Waals surface area contributed by atoms with Gasteiger partial charge in [0.1, 0.15) is 11.8 Å². The molecular formula is C13H18N2O2. The molecule has 1 aromatic rings. The monoisotopic (exact) mass is 234 g/mol. The van der Waals surface area contributed by atoms with Crippen LogP contribution in [0.4, 0.5) is 0 Å². The number of ether oxygens (including phenoxy) is 1. The number of methoxy groups -OCH3 is 1. The van der Waals surface area contributed by atoms with E-state index in [-0.39, 0.29) is 12.6 Å². The second kappa shape index (κ2) is 6.89. The van der Waals surface area contributed by atoms with E-state index in [9.17, 15) is 0 Å². The zero-order chi connectivity index (χ0) is 12.7. The van der Waals surface area contributed by atoms with E-state index in [1.165, 1.54) is 0 Å². The number of hydrogen-bond acceptors (Lipinski definition) is 4. The summed E-state index contributed by atoms with van der Waals surface area (Å²) in [7, 11) is 1.63. The predicted octanol–water partition coefficient (Wildman–Crippen LogP) is 1.54. The zero-order valence-corrected chi connectivity index (χ0v) is 10.2. The largest absolute Gasteiger partial charge is 0.496 e. The highest BCUT2D eigenvalue weighted by molar-refractivity contribution is 5.38. The lowest BCUT2D eigenvalue weighted by Crippen LogP contribution is -2.21. The number of nitrogens with one attached hydrogen (secondary N) is 1. The van der Waals surface area contributed by atoms with Gasteiger partial charge in [-0.05, 0) is 43.1 Å². The van der Waals surface area contributed by atoms with Crippen LogP contribution in [0.5, 0.6) is 5.75 Å². The van der Waals surface area contributed by atoms with Gasteiger partial charge in [0.15, 0.2) is 0 Å². The van der Waals surface area contributed by atoms with Crippen molar-refractivity contribution in [1.29, 1.82) is 5.26 Å². The Hall–Kier alpha value is -1.57. The number of aliphatic hydroxyl groups is 1. The third-order valence-corrected chi connectivity index (χ3v) is 2.56. The van der Waals surface area contributed by atoms with Gasteiger partial charge >= 0.3 is 0 Å². The van der Waals surface area contributed by atoms with Gasteiger partial charge in [-0.3, -0.25) is 5.32 Å². The predicted molar refractivity (Wildman–Crippen MR) is 65.8 cm³/mol. The van der Waals surface area contributed by atoms with E-state index in [0.29, 0.717) is 13.0 Å². The van der Waals surface area contributed by atoms with Gasteiger partial charge in [-0.2, -0.15) is 5.26 Å². The number of aliphatic hydroxyl groups excluding tert-OH is 1. The van der Waals surface area contributed by atoms with Crippen LogP contribution < -0.4 is 10.1 Å². The molecule has 0 spiro atoms. The van der Waals surface area contributed by atoms with Gasteiger partial charge in [-0.15, -0.1) is 0 Å². The van der Waals surface area contributed by atoms with Crippen LogP contribution in [0.1, 0.15) is 23.6 Å². The van der Waals surface area contributed by atoms with Crippen LogP contribution in [0.15, 0.2) is 18.2 Å². The molecule has 2 N–H and O–H groups in total. The number of benzene rings is 1. The Morgan fingerprint density at radius 2 is 2.29 bits per heavy atom. The highest BCUT2D eigenvalue weighted by atomic mass is 16.5. The number of aryl methyl sites for hydroxylation is 1. The van der Waals surface area contributed by atoms with E-state index in [1.807, 2.05) is 25.1 Å². The van der Waals surface area contributed by atoms with Gasteiger partial charge in [0.2, 0.25) is 0 Å². The molecule has 1 aromatic carbocycles. The van der Waals surface area contributed by atoms with Gasteiger partial charge < -0.3 is 9.84 Å². The molecule has 4 heteroatoms. The fourth-order valence-corrected chi connectivity index (χ4v) is 1.64. The maximum absolute atomic E-state index is 9.09. The highest BCUT2D eigenvalue weighted by Crippen LogP contribution is 2.22. The molecule has 0 aliphatic heterocycles. The summed E-state index contributed by atoms with van der Waals surface area (Å²) in [5.41, 5.74) is 1.93. The van der Waals surface area contributed by atoms with Crippen molar-refractivity contribution in [1.82, 2.24) is 5.32 Å². The van der Waals surface area contributed by atoms with Crippen LogP contribution in [-0.4, -0.2) is 25.4 Å². The van der Waals surface area contributed by atoms with Gasteiger partial charge in [0.25, 0.3) is 0 Å². The van der Waals surface area contributed by atoms with Crippen LogP contribution in [0.2, 0.25) is 0 Å². The summed E-state index contributed by atoms with van der Waals surface area (Å²) in [5, 5.41) is 20.9. The lowest BCUT2D eigenvalue weighted by molar-refractivity contribution is 0.285. The number of nitrogens with zero attached hydrogens (tertiary/aromatic N) is 1. The van der Waals surface area contributed by atoms with E-state index < -0.39 is 0 Å². The zero-order valence-electron chi connectivity index (χ0n) is 10.2. The molecule has 0 aromatic heterocycles. The average molecular weight is 234 g/mol. The Labute approximate surface area is 102 Å². The lowest BCUT2D eigenvalue weighted by atomic mass is 10.0. The molecule has 0 saturated heterocycles. The summed E-state index contributed by atoms with van der Waals surface area (Å²) in [6.07, 6.45) is 0.646. The van der Waals surface area contributed by atoms with Crippen molar-refractivity contribution in [3.8, 4) is 11.8 Å². The summed E-state index contributed by atoms with van der Waals surface area (Å²) < 4.78 is 5.18. The summed E-state index contributed by atoms with van der Waals surface area (Å²) in [6, 6.07) is 7.55. The molecule has 0 aliphatic rings. The van der Waals surface area contributed by atoms with Gasteiger partial charge in [-0.1, -0.05) is 6.07 Å². The molecule has 0 amide bonds. The minimum absolute atomic E-state index is 0.132. The average Bonchev–Trinajstić information content (AvgIpc) is 2.35. The number of hydrogen-bond donors (Lipinski definition) is 2. The molecule has 0 saturated carbocycles. The van der Waals surface area contributed by atoms with E-state index in [4.69, 9.17) is 15.1 Å². The first-order chi connectivity index (χ1) is 8.22. The van der Waals surface area contributed by atoms with Crippen LogP contribution in [-0.2, 0) is 0 Å². The van der Waals surface area contributed by atoms with Crippen LogP contribution >= 0.6 is 0 Å². The minimum atomic E-state index is -0.342. The third kappa shape index (κ3) is 3.74. The van der Waals surface area contributed by atoms with E-state index in [0.717, 1.165) is 16.9 Å². The molecule has 0 bridgehead atoms. The first-order valence-corrected chi connectivity index (χ1v) is 5.61. The maximum atomic E-state index is 9.09. The Morgan fingerprint density at radius 3 is 2.82 bits per heavy atom. The van der Waals surface area contributed by atoms with Gasteiger partial charge in [-0.25, -0.2) is 0 Å². The summed E-state index contributed by atoms with van der Waals surface area (Å²) in [6.45, 7) is 2.71. The van der Waals surface area contributed by atoms with Crippen molar-refractivity contribution < 1.29 is 9.84 Å². The molecule has 92 valence electrons. The number of nitriles is 1. The summed E-state index contributed by atoms with van der Waals surface area (Å²) in [5.74, 6) is 0.820. The Morgan fingerprint density at radius 1 is 1.53 bits per heavy atom. The third-order valence-electron chi connectivity index (χ3n) is 2.56. The standard InChI is InChI=1S/C13H18N2O2/c1-10-8-11(4-5-13(10)17-2)12(9-14)15-6-3-7-16/h4-5,8,12,15-16H,3,6-7H2,1-2H3. The van der Waals surface area contributed by atoms with Crippen molar-refractivity contribution in [2.24, 2.45) is 0 Å². The van der Waals surface area contributed by atoms with E-state index in [1.54, 1.807) is 7.11 Å². The summed E-state index contributed by atoms with van der Waals surface area (Å²) in [4.78, 5) is 0. The van der Waals surface area contributed by atoms with Crippen molar-refractivity contribution >= 4 is 0 Å². The second-order valence-electron chi connectivity index (χ2n) is 3.82. The Kier molecular flexibility index (Phi) is 5.47. The SMILES string of the molecule is COc1ccc(C(C#N)NCCCO)cc1C. The topological polar surface area (TPSA) is 65.3 Å². The quantitative estimate of drug-likeness (QED) is 0.733. The first-order valence-electron chi connectivity index (χ1n) is 5.61. The summed E-state index contributed by atoms with van der Waals surface area (Å²) >= 11 is 0. The Balaban J connectivity index is 2.75. The molecule has 1 atom stereocenters. The number of rotatable bonds is 6. The molecule has 0 heterocycles. The fourth-order valence-electron chi connectivity index (χ4n) is 1.64. The van der Waals surface area contributed by atoms with Crippen LogP contribution in [0.25, 0.3) is 0 Å². The molecule has 1 rings (SSSR count). The molecule has 0 radical (unpaired) electrons. The molecule has 17 heavy (non-hydrogen) atoms. The van der Waals surface area contributed by atoms with Gasteiger partial charge in [0, 0.05) is 6.61 Å². The van der Waals surface area contributed by atoms with Crippen molar-refractivity contribution in [3.63, 3.8) is 0 Å². The first kappa shape index (κ1) is 13.5. The molecule has 4 nitrogen and oxygen atoms in total. The Bertz CT molecular complexity index is 399. The smallest absolute Gasteiger partial charge is 0.121 e. The van der Waals surface area contributed by atoms with Gasteiger partial charge in [0.05, 0.1) is 13.2 Å². The maximum Gasteiger partial charge on any atom is 0.121 e. The van der Waals surface area contributed by atoms with Crippen LogP contribution in [0, 0.1) is 18.3 Å². The van der Waals surface area contributed by atoms with Crippen LogP contribution in [0.3, 0.4) is 0 Å². The molecule has 1 unspecified atom stereocenters. The molecule has 0 aliphatic carbocycles. The van der Waals surface area contributed by atoms with E-state index in [2.05, 4.69) is 11.4 Å². The minimum Gasteiger partial charge on any atom is -0.496 e. The van der Waals surface area contributed by atoms with Crippen molar-refractivity contribution in [2.45, 2.75) is 19.4 Å². The molecule has 0 fully saturated rings. The van der Waals surface area contributed by atoms with Crippen molar-refractivity contribution in [2.75, 3.05) is 20.3 Å². The normalized spacial score (nSPS) is 11.9. The molecular weight excluding hydrogens is 216 g/mol.